The van der Waals surface area contributed by atoms with Crippen LogP contribution in [0.1, 0.15) is 37.8 Å². The van der Waals surface area contributed by atoms with Gasteiger partial charge in [0.05, 0.1) is 12.8 Å². The largest absolute Gasteiger partial charge is 0.468 e. The molecule has 2 aliphatic rings. The Hall–Kier alpha value is -1.01. The first-order chi connectivity index (χ1) is 9.61. The number of ether oxygens (including phenoxy) is 1. The second kappa shape index (κ2) is 5.41. The molecule has 1 N–H and O–H groups in total. The standard InChI is InChI=1S/C14H20N2O3S/c1-9-8-19-13(15-9)20-11-5-6-14(7-11,12(17)18-2)16-10-3-4-10/h8,10-11,16H,3-7H2,1-2H3. The van der Waals surface area contributed by atoms with Gasteiger partial charge in [-0.2, -0.15) is 0 Å². The molecule has 6 heteroatoms. The lowest BCUT2D eigenvalue weighted by molar-refractivity contribution is -0.148. The molecule has 2 fully saturated rings. The second-order valence-electron chi connectivity index (χ2n) is 5.73. The fourth-order valence-electron chi connectivity index (χ4n) is 2.82. The molecule has 2 aliphatic carbocycles. The van der Waals surface area contributed by atoms with E-state index in [9.17, 15) is 4.79 Å². The number of esters is 1. The van der Waals surface area contributed by atoms with Crippen LogP contribution in [0.2, 0.25) is 0 Å². The molecule has 110 valence electrons. The van der Waals surface area contributed by atoms with Crippen LogP contribution >= 0.6 is 11.8 Å². The molecule has 1 aromatic heterocycles. The Morgan fingerprint density at radius 3 is 2.95 bits per heavy atom. The van der Waals surface area contributed by atoms with E-state index >= 15 is 0 Å². The van der Waals surface area contributed by atoms with Gasteiger partial charge >= 0.3 is 5.97 Å². The van der Waals surface area contributed by atoms with Gasteiger partial charge in [0.2, 0.25) is 0 Å². The Labute approximate surface area is 122 Å². The maximum atomic E-state index is 12.2. The van der Waals surface area contributed by atoms with Crippen LogP contribution in [0, 0.1) is 6.92 Å². The second-order valence-corrected chi connectivity index (χ2v) is 6.98. The topological polar surface area (TPSA) is 64.4 Å². The van der Waals surface area contributed by atoms with Gasteiger partial charge in [0.25, 0.3) is 5.22 Å². The molecule has 2 unspecified atom stereocenters. The Morgan fingerprint density at radius 1 is 1.55 bits per heavy atom. The average molecular weight is 296 g/mol. The van der Waals surface area contributed by atoms with Gasteiger partial charge in [0.1, 0.15) is 11.8 Å². The Bertz CT molecular complexity index is 500. The van der Waals surface area contributed by atoms with Crippen molar-refractivity contribution in [2.45, 2.75) is 61.1 Å². The van der Waals surface area contributed by atoms with Crippen LogP contribution in [-0.2, 0) is 9.53 Å². The first kappa shape index (κ1) is 13.9. The van der Waals surface area contributed by atoms with Crippen molar-refractivity contribution in [3.8, 4) is 0 Å². The van der Waals surface area contributed by atoms with Gasteiger partial charge in [0.15, 0.2) is 0 Å². The number of oxazole rings is 1. The van der Waals surface area contributed by atoms with E-state index in [2.05, 4.69) is 10.3 Å². The lowest BCUT2D eigenvalue weighted by Gasteiger charge is -2.27. The molecular weight excluding hydrogens is 276 g/mol. The van der Waals surface area contributed by atoms with E-state index in [4.69, 9.17) is 9.15 Å². The van der Waals surface area contributed by atoms with Crippen molar-refractivity contribution < 1.29 is 13.9 Å². The summed E-state index contributed by atoms with van der Waals surface area (Å²) in [5, 5.41) is 4.54. The molecule has 0 radical (unpaired) electrons. The fraction of sp³-hybridized carbons (Fsp3) is 0.714. The zero-order valence-corrected chi connectivity index (χ0v) is 12.7. The number of nitrogens with one attached hydrogen (secondary N) is 1. The summed E-state index contributed by atoms with van der Waals surface area (Å²) in [5.74, 6) is -0.129. The molecule has 1 heterocycles. The maximum absolute atomic E-state index is 12.2. The molecule has 0 bridgehead atoms. The quantitative estimate of drug-likeness (QED) is 0.841. The van der Waals surface area contributed by atoms with E-state index in [0.717, 1.165) is 37.8 Å². The summed E-state index contributed by atoms with van der Waals surface area (Å²) in [6.07, 6.45) is 6.56. The van der Waals surface area contributed by atoms with E-state index in [-0.39, 0.29) is 5.97 Å². The number of thioether (sulfide) groups is 1. The molecule has 0 amide bonds. The first-order valence-corrected chi connectivity index (χ1v) is 7.94. The highest BCUT2D eigenvalue weighted by Gasteiger charge is 2.49. The third-order valence-corrected chi connectivity index (χ3v) is 5.09. The number of hydrogen-bond donors (Lipinski definition) is 1. The molecule has 0 saturated heterocycles. The number of carbonyl (C=O) groups is 1. The van der Waals surface area contributed by atoms with Gasteiger partial charge in [0, 0.05) is 11.3 Å². The fourth-order valence-corrected chi connectivity index (χ4v) is 4.01. The SMILES string of the molecule is COC(=O)C1(NC2CC2)CCC(Sc2nc(C)co2)C1. The molecule has 0 aromatic carbocycles. The summed E-state index contributed by atoms with van der Waals surface area (Å²) >= 11 is 1.62. The molecule has 1 aromatic rings. The average Bonchev–Trinajstić information content (AvgIpc) is 3.00. The molecule has 20 heavy (non-hydrogen) atoms. The summed E-state index contributed by atoms with van der Waals surface area (Å²) < 4.78 is 10.4. The molecular formula is C14H20N2O3S. The molecule has 2 atom stereocenters. The van der Waals surface area contributed by atoms with E-state index in [1.807, 2.05) is 6.92 Å². The number of hydrogen-bond acceptors (Lipinski definition) is 6. The Morgan fingerprint density at radius 2 is 2.35 bits per heavy atom. The number of aromatic nitrogens is 1. The van der Waals surface area contributed by atoms with Crippen LogP contribution in [0.15, 0.2) is 15.9 Å². The number of aryl methyl sites for hydroxylation is 1. The van der Waals surface area contributed by atoms with Gasteiger partial charge in [-0.1, -0.05) is 11.8 Å². The van der Waals surface area contributed by atoms with Crippen LogP contribution in [0.25, 0.3) is 0 Å². The summed E-state index contributed by atoms with van der Waals surface area (Å²) in [7, 11) is 1.47. The van der Waals surface area contributed by atoms with Crippen molar-refractivity contribution in [2.24, 2.45) is 0 Å². The van der Waals surface area contributed by atoms with Crippen molar-refractivity contribution in [2.75, 3.05) is 7.11 Å². The predicted octanol–water partition coefficient (Wildman–Crippen LogP) is 2.29. The van der Waals surface area contributed by atoms with Crippen molar-refractivity contribution >= 4 is 17.7 Å². The maximum Gasteiger partial charge on any atom is 0.326 e. The van der Waals surface area contributed by atoms with Crippen LogP contribution < -0.4 is 5.32 Å². The number of carbonyl (C=O) groups excluding carboxylic acids is 1. The zero-order chi connectivity index (χ0) is 14.2. The summed E-state index contributed by atoms with van der Waals surface area (Å²) in [5.41, 5.74) is 0.385. The monoisotopic (exact) mass is 296 g/mol. The minimum absolute atomic E-state index is 0.129. The highest BCUT2D eigenvalue weighted by Crippen LogP contribution is 2.42. The van der Waals surface area contributed by atoms with Gasteiger partial charge in [-0.05, 0) is 39.0 Å². The summed E-state index contributed by atoms with van der Waals surface area (Å²) in [4.78, 5) is 16.5. The first-order valence-electron chi connectivity index (χ1n) is 7.06. The normalized spacial score (nSPS) is 29.6. The van der Waals surface area contributed by atoms with Gasteiger partial charge in [-0.15, -0.1) is 0 Å². The predicted molar refractivity (Wildman–Crippen MR) is 75.6 cm³/mol. The third kappa shape index (κ3) is 2.86. The van der Waals surface area contributed by atoms with Crippen LogP contribution in [-0.4, -0.2) is 34.9 Å². The smallest absolute Gasteiger partial charge is 0.326 e. The van der Waals surface area contributed by atoms with Crippen molar-refractivity contribution in [1.82, 2.24) is 10.3 Å². The van der Waals surface area contributed by atoms with E-state index in [0.29, 0.717) is 16.5 Å². The lowest BCUT2D eigenvalue weighted by Crippen LogP contribution is -2.52. The molecule has 3 rings (SSSR count). The Balaban J connectivity index is 1.66. The molecule has 2 saturated carbocycles. The van der Waals surface area contributed by atoms with E-state index in [1.165, 1.54) is 7.11 Å². The molecule has 0 aliphatic heterocycles. The van der Waals surface area contributed by atoms with Gasteiger partial charge in [-0.25, -0.2) is 4.98 Å². The number of nitrogens with zero attached hydrogens (tertiary/aromatic N) is 1. The van der Waals surface area contributed by atoms with Gasteiger partial charge < -0.3 is 9.15 Å². The van der Waals surface area contributed by atoms with Gasteiger partial charge in [-0.3, -0.25) is 10.1 Å². The highest BCUT2D eigenvalue weighted by atomic mass is 32.2. The molecule has 0 spiro atoms. The number of methoxy groups -OCH3 is 1. The molecule has 5 nitrogen and oxygen atoms in total. The zero-order valence-electron chi connectivity index (χ0n) is 11.8. The lowest BCUT2D eigenvalue weighted by atomic mass is 9.97. The van der Waals surface area contributed by atoms with E-state index in [1.54, 1.807) is 18.0 Å². The summed E-state index contributed by atoms with van der Waals surface area (Å²) in [6.45, 7) is 1.91. The van der Waals surface area contributed by atoms with Crippen molar-refractivity contribution in [3.63, 3.8) is 0 Å². The van der Waals surface area contributed by atoms with Crippen LogP contribution in [0.4, 0.5) is 0 Å². The highest BCUT2D eigenvalue weighted by molar-refractivity contribution is 7.99. The van der Waals surface area contributed by atoms with Crippen LogP contribution in [0.5, 0.6) is 0 Å². The minimum atomic E-state index is -0.505. The van der Waals surface area contributed by atoms with Crippen molar-refractivity contribution in [3.05, 3.63) is 12.0 Å². The Kier molecular flexibility index (Phi) is 3.77. The minimum Gasteiger partial charge on any atom is -0.468 e. The van der Waals surface area contributed by atoms with E-state index < -0.39 is 5.54 Å². The van der Waals surface area contributed by atoms with Crippen LogP contribution in [0.3, 0.4) is 0 Å². The summed E-state index contributed by atoms with van der Waals surface area (Å²) in [6, 6.07) is 0.488. The third-order valence-electron chi connectivity index (χ3n) is 3.97. The number of rotatable bonds is 5. The van der Waals surface area contributed by atoms with Crippen molar-refractivity contribution in [1.29, 1.82) is 0 Å².